The fraction of sp³-hybridized carbons (Fsp3) is 0.429. The van der Waals surface area contributed by atoms with Crippen LogP contribution in [0.25, 0.3) is 0 Å². The number of hydrazine groups is 2. The molecule has 0 bridgehead atoms. The van der Waals surface area contributed by atoms with Gasteiger partial charge in [-0.15, -0.1) is 5.34 Å². The van der Waals surface area contributed by atoms with Crippen molar-refractivity contribution >= 4 is 0 Å². The molecule has 13 heavy (non-hydrogen) atoms. The molecule has 6 nitrogen and oxygen atoms in total. The topological polar surface area (TPSA) is 73.9 Å². The van der Waals surface area contributed by atoms with Crippen molar-refractivity contribution in [2.75, 3.05) is 7.05 Å². The first-order valence-electron chi connectivity index (χ1n) is 3.85. The van der Waals surface area contributed by atoms with Gasteiger partial charge in [-0.25, -0.2) is 0 Å². The molecule has 0 fully saturated rings. The molecule has 0 heterocycles. The molecule has 0 saturated heterocycles. The highest BCUT2D eigenvalue weighted by Crippen LogP contribution is 2.12. The van der Waals surface area contributed by atoms with Gasteiger partial charge in [0.2, 0.25) is 0 Å². The number of nitrogens with zero attached hydrogens (tertiary/aromatic N) is 2. The molecule has 0 saturated carbocycles. The molecule has 0 atom stereocenters. The molecule has 1 N–H and O–H groups in total. The average Bonchev–Trinajstić information content (AvgIpc) is 2.04. The Morgan fingerprint density at radius 1 is 1.46 bits per heavy atom. The number of rotatable bonds is 4. The molecular weight excluding hydrogens is 174 g/mol. The van der Waals surface area contributed by atoms with Crippen molar-refractivity contribution in [2.24, 2.45) is 0 Å². The molecular formula is C7H11N3O3-2. The maximum atomic E-state index is 10.8. The van der Waals surface area contributed by atoms with E-state index in [1.54, 1.807) is 6.08 Å². The third kappa shape index (κ3) is 4.02. The third-order valence-corrected chi connectivity index (χ3v) is 1.39. The van der Waals surface area contributed by atoms with Gasteiger partial charge < -0.3 is 20.4 Å². The lowest BCUT2D eigenvalue weighted by atomic mass is 10.2. The number of nitrogens with one attached hydrogen (secondary N) is 1. The third-order valence-electron chi connectivity index (χ3n) is 1.39. The van der Waals surface area contributed by atoms with Gasteiger partial charge in [-0.3, -0.25) is 0 Å². The summed E-state index contributed by atoms with van der Waals surface area (Å²) >= 11 is 0. The lowest BCUT2D eigenvalue weighted by Gasteiger charge is -2.35. The van der Waals surface area contributed by atoms with E-state index in [9.17, 15) is 10.4 Å². The second-order valence-corrected chi connectivity index (χ2v) is 2.53. The van der Waals surface area contributed by atoms with Gasteiger partial charge in [0.1, 0.15) is 5.76 Å². The minimum absolute atomic E-state index is 0.0258. The van der Waals surface area contributed by atoms with Gasteiger partial charge >= 0.3 is 0 Å². The summed E-state index contributed by atoms with van der Waals surface area (Å²) in [6, 6.07) is 0. The van der Waals surface area contributed by atoms with Crippen molar-refractivity contribution in [2.45, 2.75) is 12.8 Å². The number of allylic oxidation sites excluding steroid dienone is 3. The van der Waals surface area contributed by atoms with Crippen molar-refractivity contribution in [1.29, 1.82) is 0 Å². The van der Waals surface area contributed by atoms with Gasteiger partial charge in [0.05, 0.1) is 0 Å². The Hall–Kier alpha value is -0.920. The van der Waals surface area contributed by atoms with E-state index in [2.05, 4.69) is 0 Å². The Morgan fingerprint density at radius 2 is 2.23 bits per heavy atom. The normalized spacial score (nSPS) is 16.5. The van der Waals surface area contributed by atoms with E-state index in [4.69, 9.17) is 4.84 Å². The van der Waals surface area contributed by atoms with E-state index in [0.717, 1.165) is 13.5 Å². The predicted molar refractivity (Wildman–Crippen MR) is 47.0 cm³/mol. The molecule has 0 spiro atoms. The first-order chi connectivity index (χ1) is 6.18. The van der Waals surface area contributed by atoms with Crippen LogP contribution in [0, 0.1) is 10.4 Å². The van der Waals surface area contributed by atoms with Crippen LogP contribution in [0.1, 0.15) is 12.8 Å². The van der Waals surface area contributed by atoms with Gasteiger partial charge in [0.25, 0.3) is 0 Å². The highest BCUT2D eigenvalue weighted by atomic mass is 16.9. The second kappa shape index (κ2) is 4.95. The first kappa shape index (κ1) is 10.2. The summed E-state index contributed by atoms with van der Waals surface area (Å²) in [7, 11) is 1.16. The maximum Gasteiger partial charge on any atom is 0.125 e. The maximum absolute atomic E-state index is 10.8. The summed E-state index contributed by atoms with van der Waals surface area (Å²) in [5.41, 5.74) is 1.86. The number of hydroxylamine groups is 1. The zero-order valence-corrected chi connectivity index (χ0v) is 7.27. The molecule has 1 rings (SSSR count). The van der Waals surface area contributed by atoms with Crippen LogP contribution in [0.15, 0.2) is 24.0 Å². The van der Waals surface area contributed by atoms with Crippen LogP contribution in [0.4, 0.5) is 0 Å². The molecule has 0 aromatic carbocycles. The van der Waals surface area contributed by atoms with E-state index in [-0.39, 0.29) is 10.5 Å². The SMILES string of the molecule is CN([O-])NN([O-])OC1=CCC=CC1. The van der Waals surface area contributed by atoms with Crippen LogP contribution < -0.4 is 5.53 Å². The molecule has 1 aliphatic rings. The summed E-state index contributed by atoms with van der Waals surface area (Å²) in [6.45, 7) is 0. The highest BCUT2D eigenvalue weighted by molar-refractivity contribution is 5.08. The van der Waals surface area contributed by atoms with Gasteiger partial charge in [0, 0.05) is 6.42 Å². The summed E-state index contributed by atoms with van der Waals surface area (Å²) in [4.78, 5) is 4.74. The second-order valence-electron chi connectivity index (χ2n) is 2.53. The lowest BCUT2D eigenvalue weighted by molar-refractivity contribution is -0.157. The van der Waals surface area contributed by atoms with Crippen molar-refractivity contribution in [3.8, 4) is 0 Å². The summed E-state index contributed by atoms with van der Waals surface area (Å²) in [5.74, 6) is 0.534. The molecule has 6 heteroatoms. The first-order valence-corrected chi connectivity index (χ1v) is 3.85. The molecule has 0 unspecified atom stereocenters. The Kier molecular flexibility index (Phi) is 3.87. The van der Waals surface area contributed by atoms with Crippen LogP contribution in [0.3, 0.4) is 0 Å². The largest absolute Gasteiger partial charge is 0.771 e. The summed E-state index contributed by atoms with van der Waals surface area (Å²) in [5, 5.41) is 21.4. The van der Waals surface area contributed by atoms with Gasteiger partial charge in [0.15, 0.2) is 0 Å². The monoisotopic (exact) mass is 185 g/mol. The minimum Gasteiger partial charge on any atom is -0.771 e. The molecule has 1 aliphatic carbocycles. The number of hydrogen-bond acceptors (Lipinski definition) is 6. The van der Waals surface area contributed by atoms with E-state index in [1.807, 2.05) is 17.7 Å². The van der Waals surface area contributed by atoms with Gasteiger partial charge in [-0.05, 0) is 19.5 Å². The Labute approximate surface area is 76.1 Å². The molecule has 74 valence electrons. The van der Waals surface area contributed by atoms with Crippen molar-refractivity contribution in [3.63, 3.8) is 0 Å². The van der Waals surface area contributed by atoms with Gasteiger partial charge in [-0.2, -0.15) is 5.53 Å². The Balaban J connectivity index is 2.27. The van der Waals surface area contributed by atoms with Crippen LogP contribution in [0.2, 0.25) is 0 Å². The van der Waals surface area contributed by atoms with Crippen LogP contribution >= 0.6 is 0 Å². The van der Waals surface area contributed by atoms with Crippen LogP contribution in [-0.4, -0.2) is 17.6 Å². The van der Waals surface area contributed by atoms with Crippen LogP contribution in [-0.2, 0) is 4.84 Å². The van der Waals surface area contributed by atoms with Crippen molar-refractivity contribution in [3.05, 3.63) is 34.4 Å². The van der Waals surface area contributed by atoms with Crippen molar-refractivity contribution in [1.82, 2.24) is 16.0 Å². The predicted octanol–water partition coefficient (Wildman–Crippen LogP) is 0.801. The van der Waals surface area contributed by atoms with E-state index in [0.29, 0.717) is 12.2 Å². The zero-order valence-electron chi connectivity index (χ0n) is 7.27. The summed E-state index contributed by atoms with van der Waals surface area (Å²) < 4.78 is 0. The van der Waals surface area contributed by atoms with E-state index >= 15 is 0 Å². The smallest absolute Gasteiger partial charge is 0.125 e. The van der Waals surface area contributed by atoms with Crippen molar-refractivity contribution < 1.29 is 4.84 Å². The zero-order chi connectivity index (χ0) is 9.68. The fourth-order valence-electron chi connectivity index (χ4n) is 0.895. The Morgan fingerprint density at radius 3 is 2.77 bits per heavy atom. The average molecular weight is 185 g/mol. The van der Waals surface area contributed by atoms with E-state index < -0.39 is 0 Å². The molecule has 0 amide bonds. The van der Waals surface area contributed by atoms with E-state index in [1.165, 1.54) is 0 Å². The lowest BCUT2D eigenvalue weighted by Crippen LogP contribution is -2.41. The minimum atomic E-state index is 0.0258. The molecule has 0 radical (unpaired) electrons. The fourth-order valence-corrected chi connectivity index (χ4v) is 0.895. The summed E-state index contributed by atoms with van der Waals surface area (Å²) in [6.07, 6.45) is 6.95. The number of hydrogen-bond donors (Lipinski definition) is 1. The Bertz CT molecular complexity index is 215. The van der Waals surface area contributed by atoms with Crippen LogP contribution in [0.5, 0.6) is 0 Å². The molecule has 0 aromatic rings. The highest BCUT2D eigenvalue weighted by Gasteiger charge is 2.00. The quantitative estimate of drug-likeness (QED) is 0.515. The van der Waals surface area contributed by atoms with Gasteiger partial charge in [-0.1, -0.05) is 12.2 Å². The molecule has 0 aromatic heterocycles. The standard InChI is InChI=1S/C7H11N3O3/c1-9(11)8-10(12)13-7-5-3-2-4-6-7/h2-3,6,8H,4-5H2,1H3/q-2. The molecule has 0 aliphatic heterocycles.